The fourth-order valence-electron chi connectivity index (χ4n) is 4.31. The fourth-order valence-corrected chi connectivity index (χ4v) is 5.86. The van der Waals surface area contributed by atoms with Crippen molar-refractivity contribution >= 4 is 17.7 Å². The molecule has 2 rings (SSSR count). The van der Waals surface area contributed by atoms with Crippen LogP contribution in [0, 0.1) is 12.3 Å². The van der Waals surface area contributed by atoms with E-state index in [-0.39, 0.29) is 16.8 Å². The van der Waals surface area contributed by atoms with Crippen molar-refractivity contribution in [3.63, 3.8) is 0 Å². The molecule has 0 N–H and O–H groups in total. The first kappa shape index (κ1) is 28.3. The number of terminal acetylenes is 1. The Morgan fingerprint density at radius 2 is 1.74 bits per heavy atom. The van der Waals surface area contributed by atoms with E-state index in [1.54, 1.807) is 11.8 Å². The largest absolute Gasteiger partial charge is 0.451 e. The molecule has 0 aliphatic carbocycles. The van der Waals surface area contributed by atoms with Crippen LogP contribution in [0.5, 0.6) is 0 Å². The predicted octanol–water partition coefficient (Wildman–Crippen LogP) is 9.12. The average molecular weight is 481 g/mol. The van der Waals surface area contributed by atoms with Gasteiger partial charge in [-0.1, -0.05) is 94.9 Å². The smallest absolute Gasteiger partial charge is 0.306 e. The first-order valence-corrected chi connectivity index (χ1v) is 14.1. The van der Waals surface area contributed by atoms with Gasteiger partial charge in [0.15, 0.2) is 5.44 Å². The monoisotopic (exact) mass is 480 g/mol. The Hall–Kier alpha value is -1.92. The summed E-state index contributed by atoms with van der Waals surface area (Å²) in [5.41, 5.74) is 1.99. The number of carbonyl (C=O) groups excluding carboxylic acids is 1. The van der Waals surface area contributed by atoms with E-state index in [0.29, 0.717) is 6.42 Å². The third-order valence-electron chi connectivity index (χ3n) is 6.41. The van der Waals surface area contributed by atoms with Gasteiger partial charge < -0.3 is 4.74 Å². The summed E-state index contributed by atoms with van der Waals surface area (Å²) < 4.78 is 5.83. The molecule has 186 valence electrons. The van der Waals surface area contributed by atoms with Gasteiger partial charge in [0.05, 0.1) is 0 Å². The lowest BCUT2D eigenvalue weighted by Gasteiger charge is -2.36. The van der Waals surface area contributed by atoms with Crippen molar-refractivity contribution in [2.75, 3.05) is 0 Å². The molecule has 1 aliphatic heterocycles. The van der Waals surface area contributed by atoms with E-state index in [0.717, 1.165) is 37.7 Å². The Bertz CT molecular complexity index is 843. The van der Waals surface area contributed by atoms with E-state index in [9.17, 15) is 4.79 Å². The van der Waals surface area contributed by atoms with Crippen LogP contribution in [0.3, 0.4) is 0 Å². The van der Waals surface area contributed by atoms with Gasteiger partial charge in [0.1, 0.15) is 0 Å². The van der Waals surface area contributed by atoms with Crippen LogP contribution in [-0.4, -0.2) is 11.4 Å². The second-order valence-corrected chi connectivity index (χ2v) is 11.2. The van der Waals surface area contributed by atoms with Crippen LogP contribution in [0.1, 0.15) is 115 Å². The van der Waals surface area contributed by atoms with Crippen LogP contribution in [-0.2, 0) is 14.9 Å². The molecule has 1 aromatic rings. The quantitative estimate of drug-likeness (QED) is 0.108. The van der Waals surface area contributed by atoms with Crippen LogP contribution in [0.15, 0.2) is 47.4 Å². The van der Waals surface area contributed by atoms with E-state index in [4.69, 9.17) is 11.2 Å². The SMILES string of the molecule is C#Cc1ccc2c(c1)C(C)(C)CC(OC(=O)CCCCCCC/C=C\C/C=C\CCCCC)S2. The van der Waals surface area contributed by atoms with Crippen molar-refractivity contribution in [1.82, 2.24) is 0 Å². The molecule has 1 aromatic carbocycles. The number of hydrogen-bond acceptors (Lipinski definition) is 3. The molecule has 1 unspecified atom stereocenters. The molecule has 3 heteroatoms. The zero-order chi connectivity index (χ0) is 24.7. The molecule has 0 saturated carbocycles. The van der Waals surface area contributed by atoms with Crippen molar-refractivity contribution in [3.8, 4) is 12.3 Å². The summed E-state index contributed by atoms with van der Waals surface area (Å²) in [4.78, 5) is 13.6. The summed E-state index contributed by atoms with van der Waals surface area (Å²) in [6.45, 7) is 6.65. The molecule has 0 spiro atoms. The van der Waals surface area contributed by atoms with Gasteiger partial charge in [0.25, 0.3) is 0 Å². The minimum atomic E-state index is -0.121. The Kier molecular flexibility index (Phi) is 13.2. The fraction of sp³-hybridized carbons (Fsp3) is 0.581. The van der Waals surface area contributed by atoms with Crippen molar-refractivity contribution in [2.45, 2.75) is 120 Å². The van der Waals surface area contributed by atoms with Gasteiger partial charge in [-0.25, -0.2) is 0 Å². The number of ether oxygens (including phenoxy) is 1. The number of allylic oxidation sites excluding steroid dienone is 4. The molecule has 1 heterocycles. The molecular weight excluding hydrogens is 436 g/mol. The lowest BCUT2D eigenvalue weighted by molar-refractivity contribution is -0.145. The highest BCUT2D eigenvalue weighted by molar-refractivity contribution is 7.99. The molecule has 34 heavy (non-hydrogen) atoms. The lowest BCUT2D eigenvalue weighted by atomic mass is 9.80. The molecule has 0 radical (unpaired) electrons. The van der Waals surface area contributed by atoms with E-state index >= 15 is 0 Å². The number of benzene rings is 1. The average Bonchev–Trinajstić information content (AvgIpc) is 2.81. The van der Waals surface area contributed by atoms with Gasteiger partial charge in [0.2, 0.25) is 0 Å². The van der Waals surface area contributed by atoms with Crippen LogP contribution in [0.2, 0.25) is 0 Å². The van der Waals surface area contributed by atoms with Crippen molar-refractivity contribution in [3.05, 3.63) is 53.6 Å². The van der Waals surface area contributed by atoms with Gasteiger partial charge in [-0.2, -0.15) is 0 Å². The number of thioether (sulfide) groups is 1. The topological polar surface area (TPSA) is 26.3 Å². The summed E-state index contributed by atoms with van der Waals surface area (Å²) in [6.07, 6.45) is 29.1. The molecular formula is C31H44O2S. The Morgan fingerprint density at radius 1 is 1.06 bits per heavy atom. The molecule has 0 amide bonds. The molecule has 1 atom stereocenters. The maximum atomic E-state index is 12.4. The van der Waals surface area contributed by atoms with E-state index in [1.165, 1.54) is 55.4 Å². The first-order valence-electron chi connectivity index (χ1n) is 13.2. The molecule has 0 aromatic heterocycles. The molecule has 2 nitrogen and oxygen atoms in total. The maximum absolute atomic E-state index is 12.4. The van der Waals surface area contributed by atoms with Crippen molar-refractivity contribution in [1.29, 1.82) is 0 Å². The lowest BCUT2D eigenvalue weighted by Crippen LogP contribution is -2.31. The van der Waals surface area contributed by atoms with Crippen LogP contribution in [0.4, 0.5) is 0 Å². The van der Waals surface area contributed by atoms with E-state index < -0.39 is 0 Å². The van der Waals surface area contributed by atoms with Crippen LogP contribution in [0.25, 0.3) is 0 Å². The number of carbonyl (C=O) groups is 1. The second kappa shape index (κ2) is 15.9. The third kappa shape index (κ3) is 10.6. The van der Waals surface area contributed by atoms with Gasteiger partial charge in [-0.05, 0) is 67.7 Å². The van der Waals surface area contributed by atoms with Gasteiger partial charge >= 0.3 is 5.97 Å². The Morgan fingerprint density at radius 3 is 2.44 bits per heavy atom. The van der Waals surface area contributed by atoms with Gasteiger partial charge in [0, 0.05) is 23.3 Å². The Balaban J connectivity index is 1.54. The third-order valence-corrected chi connectivity index (χ3v) is 7.54. The summed E-state index contributed by atoms with van der Waals surface area (Å²) in [5, 5.41) is 0. The number of esters is 1. The van der Waals surface area contributed by atoms with Crippen LogP contribution < -0.4 is 0 Å². The minimum absolute atomic E-state index is 0.0578. The van der Waals surface area contributed by atoms with E-state index in [2.05, 4.69) is 63.1 Å². The van der Waals surface area contributed by atoms with Crippen molar-refractivity contribution < 1.29 is 9.53 Å². The van der Waals surface area contributed by atoms with Crippen molar-refractivity contribution in [2.24, 2.45) is 0 Å². The molecule has 0 bridgehead atoms. The molecule has 0 saturated heterocycles. The summed E-state index contributed by atoms with van der Waals surface area (Å²) in [5.74, 6) is 2.65. The number of unbranched alkanes of at least 4 members (excludes halogenated alkanes) is 8. The summed E-state index contributed by atoms with van der Waals surface area (Å²) >= 11 is 1.65. The number of fused-ring (bicyclic) bond motifs is 1. The highest BCUT2D eigenvalue weighted by Crippen LogP contribution is 2.46. The normalized spacial score (nSPS) is 17.1. The summed E-state index contributed by atoms with van der Waals surface area (Å²) in [7, 11) is 0. The van der Waals surface area contributed by atoms with Gasteiger partial charge in [-0.15, -0.1) is 6.42 Å². The minimum Gasteiger partial charge on any atom is -0.451 e. The van der Waals surface area contributed by atoms with Crippen LogP contribution >= 0.6 is 11.8 Å². The standard InChI is InChI=1S/C31H44O2S/c1-5-7-8-9-10-11-12-13-14-15-16-17-18-19-20-21-29(32)33-30-25-31(3,4)27-24-26(6-2)22-23-28(27)34-30/h2,10-11,13-14,22-24,30H,5,7-9,12,15-21,25H2,1,3-4H3/b11-10-,14-13-. The second-order valence-electron chi connectivity index (χ2n) is 9.96. The zero-order valence-corrected chi connectivity index (χ0v) is 22.4. The predicted molar refractivity (Wildman–Crippen MR) is 147 cm³/mol. The number of rotatable bonds is 15. The van der Waals surface area contributed by atoms with E-state index in [1.807, 2.05) is 6.07 Å². The number of hydrogen-bond donors (Lipinski definition) is 0. The highest BCUT2D eigenvalue weighted by Gasteiger charge is 2.35. The Labute approximate surface area is 213 Å². The summed E-state index contributed by atoms with van der Waals surface area (Å²) in [6, 6.07) is 6.13. The highest BCUT2D eigenvalue weighted by atomic mass is 32.2. The maximum Gasteiger partial charge on any atom is 0.306 e. The molecule has 1 aliphatic rings. The zero-order valence-electron chi connectivity index (χ0n) is 21.6. The first-order chi connectivity index (χ1) is 16.5. The van der Waals surface area contributed by atoms with Gasteiger partial charge in [-0.3, -0.25) is 4.79 Å². The molecule has 0 fully saturated rings.